The fourth-order valence-electron chi connectivity index (χ4n) is 3.43. The van der Waals surface area contributed by atoms with Gasteiger partial charge >= 0.3 is 0 Å². The van der Waals surface area contributed by atoms with E-state index in [1.807, 2.05) is 30.3 Å². The number of nitrogens with zero attached hydrogens (tertiary/aromatic N) is 4. The first-order valence-electron chi connectivity index (χ1n) is 9.17. The predicted octanol–water partition coefficient (Wildman–Crippen LogP) is 2.83. The van der Waals surface area contributed by atoms with Crippen molar-refractivity contribution in [2.24, 2.45) is 5.73 Å². The SMILES string of the molecule is CN(C(=O)c1cnn2c(-c3ccccc3)ccnc12)C(C(N)=O)c1cccc(F)c1. The number of hydrogen-bond donors (Lipinski definition) is 1. The van der Waals surface area contributed by atoms with E-state index >= 15 is 0 Å². The highest BCUT2D eigenvalue weighted by Crippen LogP contribution is 2.25. The second-order valence-corrected chi connectivity index (χ2v) is 6.77. The molecule has 150 valence electrons. The molecule has 1 atom stereocenters. The number of carbonyl (C=O) groups is 2. The van der Waals surface area contributed by atoms with Crippen LogP contribution in [-0.2, 0) is 4.79 Å². The van der Waals surface area contributed by atoms with Gasteiger partial charge in [0.25, 0.3) is 5.91 Å². The summed E-state index contributed by atoms with van der Waals surface area (Å²) >= 11 is 0. The van der Waals surface area contributed by atoms with Crippen LogP contribution < -0.4 is 5.73 Å². The molecule has 0 fully saturated rings. The van der Waals surface area contributed by atoms with Crippen LogP contribution in [0, 0.1) is 5.82 Å². The van der Waals surface area contributed by atoms with Gasteiger partial charge in [-0.2, -0.15) is 5.10 Å². The van der Waals surface area contributed by atoms with Crippen molar-refractivity contribution in [3.8, 4) is 11.3 Å². The molecule has 0 saturated carbocycles. The van der Waals surface area contributed by atoms with E-state index in [1.54, 1.807) is 22.8 Å². The summed E-state index contributed by atoms with van der Waals surface area (Å²) in [6.07, 6.45) is 2.99. The van der Waals surface area contributed by atoms with Crippen LogP contribution in [0.1, 0.15) is 22.0 Å². The first kappa shape index (κ1) is 19.3. The Morgan fingerprint density at radius 3 is 2.57 bits per heavy atom. The molecule has 0 aliphatic rings. The lowest BCUT2D eigenvalue weighted by atomic mass is 10.0. The van der Waals surface area contributed by atoms with Crippen LogP contribution in [0.4, 0.5) is 4.39 Å². The van der Waals surface area contributed by atoms with Crippen molar-refractivity contribution < 1.29 is 14.0 Å². The lowest BCUT2D eigenvalue weighted by Gasteiger charge is -2.25. The molecule has 8 heteroatoms. The summed E-state index contributed by atoms with van der Waals surface area (Å²) in [6.45, 7) is 0. The minimum Gasteiger partial charge on any atom is -0.368 e. The number of hydrogen-bond acceptors (Lipinski definition) is 4. The first-order chi connectivity index (χ1) is 14.5. The van der Waals surface area contributed by atoms with Crippen molar-refractivity contribution in [1.29, 1.82) is 0 Å². The van der Waals surface area contributed by atoms with Gasteiger partial charge in [-0.05, 0) is 23.8 Å². The second kappa shape index (κ2) is 7.75. The van der Waals surface area contributed by atoms with Crippen LogP contribution in [0.25, 0.3) is 16.9 Å². The van der Waals surface area contributed by atoms with E-state index in [2.05, 4.69) is 10.1 Å². The van der Waals surface area contributed by atoms with Crippen molar-refractivity contribution in [1.82, 2.24) is 19.5 Å². The zero-order valence-electron chi connectivity index (χ0n) is 16.1. The molecule has 0 spiro atoms. The molecule has 2 amide bonds. The number of carbonyl (C=O) groups excluding carboxylic acids is 2. The molecule has 0 aliphatic heterocycles. The highest BCUT2D eigenvalue weighted by molar-refractivity contribution is 6.02. The summed E-state index contributed by atoms with van der Waals surface area (Å²) in [5.74, 6) is -1.80. The minimum absolute atomic E-state index is 0.206. The monoisotopic (exact) mass is 403 g/mol. The lowest BCUT2D eigenvalue weighted by molar-refractivity contribution is -0.122. The van der Waals surface area contributed by atoms with Crippen LogP contribution in [0.3, 0.4) is 0 Å². The molecule has 4 rings (SSSR count). The summed E-state index contributed by atoms with van der Waals surface area (Å²) in [4.78, 5) is 30.8. The Hall–Kier alpha value is -4.07. The summed E-state index contributed by atoms with van der Waals surface area (Å²) < 4.78 is 15.2. The number of primary amides is 1. The van der Waals surface area contributed by atoms with Crippen molar-refractivity contribution in [3.63, 3.8) is 0 Å². The number of benzene rings is 2. The topological polar surface area (TPSA) is 93.6 Å². The maximum Gasteiger partial charge on any atom is 0.260 e. The molecule has 30 heavy (non-hydrogen) atoms. The van der Waals surface area contributed by atoms with Crippen molar-refractivity contribution in [3.05, 3.63) is 90.0 Å². The van der Waals surface area contributed by atoms with Crippen LogP contribution in [0.2, 0.25) is 0 Å². The van der Waals surface area contributed by atoms with E-state index in [0.717, 1.165) is 11.3 Å². The molecule has 2 N–H and O–H groups in total. The standard InChI is InChI=1S/C22H18FN5O2/c1-27(19(20(24)29)15-8-5-9-16(23)12-15)22(30)17-13-26-28-18(10-11-25-21(17)28)14-6-3-2-4-7-14/h2-13,19H,1H3,(H2,24,29). The zero-order chi connectivity index (χ0) is 21.3. The molecule has 2 heterocycles. The Morgan fingerprint density at radius 2 is 1.87 bits per heavy atom. The van der Waals surface area contributed by atoms with Crippen molar-refractivity contribution >= 4 is 17.5 Å². The molecular formula is C22H18FN5O2. The summed E-state index contributed by atoms with van der Waals surface area (Å²) in [7, 11) is 1.44. The number of rotatable bonds is 5. The van der Waals surface area contributed by atoms with Gasteiger partial charge in [-0.1, -0.05) is 42.5 Å². The molecular weight excluding hydrogens is 385 g/mol. The van der Waals surface area contributed by atoms with Gasteiger partial charge in [-0.25, -0.2) is 13.9 Å². The van der Waals surface area contributed by atoms with Gasteiger partial charge in [-0.15, -0.1) is 0 Å². The van der Waals surface area contributed by atoms with Gasteiger partial charge in [-0.3, -0.25) is 9.59 Å². The smallest absolute Gasteiger partial charge is 0.260 e. The summed E-state index contributed by atoms with van der Waals surface area (Å²) in [5.41, 5.74) is 8.04. The number of aromatic nitrogens is 3. The Bertz CT molecular complexity index is 1240. The molecule has 4 aromatic rings. The highest BCUT2D eigenvalue weighted by Gasteiger charge is 2.30. The van der Waals surface area contributed by atoms with Crippen molar-refractivity contribution in [2.45, 2.75) is 6.04 Å². The van der Waals surface area contributed by atoms with Gasteiger partial charge in [0.15, 0.2) is 5.65 Å². The molecule has 0 saturated heterocycles. The fourth-order valence-corrected chi connectivity index (χ4v) is 3.43. The van der Waals surface area contributed by atoms with Gasteiger partial charge < -0.3 is 10.6 Å². The Balaban J connectivity index is 1.75. The first-order valence-corrected chi connectivity index (χ1v) is 9.17. The van der Waals surface area contributed by atoms with Crippen LogP contribution in [0.5, 0.6) is 0 Å². The third-order valence-electron chi connectivity index (χ3n) is 4.84. The van der Waals surface area contributed by atoms with Crippen LogP contribution in [0.15, 0.2) is 73.1 Å². The van der Waals surface area contributed by atoms with E-state index in [9.17, 15) is 14.0 Å². The maximum atomic E-state index is 13.7. The normalized spacial score (nSPS) is 11.9. The molecule has 0 bridgehead atoms. The molecule has 2 aromatic carbocycles. The lowest BCUT2D eigenvalue weighted by Crippen LogP contribution is -2.39. The van der Waals surface area contributed by atoms with E-state index in [0.29, 0.717) is 5.65 Å². The third-order valence-corrected chi connectivity index (χ3v) is 4.84. The van der Waals surface area contributed by atoms with E-state index in [1.165, 1.54) is 36.3 Å². The van der Waals surface area contributed by atoms with Crippen molar-refractivity contribution in [2.75, 3.05) is 7.05 Å². The average molecular weight is 403 g/mol. The highest BCUT2D eigenvalue weighted by atomic mass is 19.1. The van der Waals surface area contributed by atoms with E-state index < -0.39 is 23.7 Å². The summed E-state index contributed by atoms with van der Waals surface area (Å²) in [6, 6.07) is 15.7. The molecule has 1 unspecified atom stereocenters. The Kier molecular flexibility index (Phi) is 4.97. The number of nitrogens with two attached hydrogens (primary N) is 1. The number of fused-ring (bicyclic) bond motifs is 1. The number of amides is 2. The third kappa shape index (κ3) is 3.39. The molecule has 0 aliphatic carbocycles. The Labute approximate surface area is 171 Å². The predicted molar refractivity (Wildman–Crippen MR) is 109 cm³/mol. The quantitative estimate of drug-likeness (QED) is 0.554. The van der Waals surface area contributed by atoms with Gasteiger partial charge in [0.1, 0.15) is 17.4 Å². The van der Waals surface area contributed by atoms with Crippen LogP contribution >= 0.6 is 0 Å². The zero-order valence-corrected chi connectivity index (χ0v) is 16.1. The average Bonchev–Trinajstić information content (AvgIpc) is 3.18. The van der Waals surface area contributed by atoms with Crippen LogP contribution in [-0.4, -0.2) is 38.4 Å². The number of halogens is 1. The minimum atomic E-state index is -1.14. The maximum absolute atomic E-state index is 13.7. The summed E-state index contributed by atoms with van der Waals surface area (Å²) in [5, 5.41) is 4.32. The second-order valence-electron chi connectivity index (χ2n) is 6.77. The number of likely N-dealkylation sites (N-methyl/N-ethyl adjacent to an activating group) is 1. The fraction of sp³-hybridized carbons (Fsp3) is 0.0909. The van der Waals surface area contributed by atoms with E-state index in [-0.39, 0.29) is 11.1 Å². The van der Waals surface area contributed by atoms with Gasteiger partial charge in [0, 0.05) is 18.8 Å². The van der Waals surface area contributed by atoms with Gasteiger partial charge in [0.05, 0.1) is 11.9 Å². The van der Waals surface area contributed by atoms with Gasteiger partial charge in [0.2, 0.25) is 5.91 Å². The molecule has 0 radical (unpaired) electrons. The largest absolute Gasteiger partial charge is 0.368 e. The molecule has 7 nitrogen and oxygen atoms in total. The van der Waals surface area contributed by atoms with E-state index in [4.69, 9.17) is 5.73 Å². The Morgan fingerprint density at radius 1 is 1.10 bits per heavy atom. The molecule has 2 aromatic heterocycles.